The number of hydrogen-bond acceptors (Lipinski definition) is 4. The van der Waals surface area contributed by atoms with E-state index in [1.807, 2.05) is 55.5 Å². The number of rotatable bonds is 8. The molecule has 1 unspecified atom stereocenters. The molecule has 1 amide bonds. The Bertz CT molecular complexity index is 661. The van der Waals surface area contributed by atoms with Gasteiger partial charge in [0, 0.05) is 28.7 Å². The molecule has 0 spiro atoms. The Morgan fingerprint density at radius 1 is 1.12 bits per heavy atom. The van der Waals surface area contributed by atoms with Crippen LogP contribution in [0, 0.1) is 0 Å². The molecular weight excluding hydrogens is 322 g/mol. The molecule has 128 valence electrons. The van der Waals surface area contributed by atoms with Crippen molar-refractivity contribution >= 4 is 17.7 Å². The van der Waals surface area contributed by atoms with Crippen molar-refractivity contribution in [3.8, 4) is 11.5 Å². The summed E-state index contributed by atoms with van der Waals surface area (Å²) in [4.78, 5) is 13.3. The summed E-state index contributed by atoms with van der Waals surface area (Å²) in [6.07, 6.45) is 0.475. The standard InChI is InChI=1S/C19H23NO3S/c1-14(17-10-9-15(22-2)13-18(17)23-3)20-19(21)11-12-24-16-7-5-4-6-8-16/h4-10,13-14H,11-12H2,1-3H3,(H,20,21). The Morgan fingerprint density at radius 2 is 1.88 bits per heavy atom. The van der Waals surface area contributed by atoms with Crippen molar-refractivity contribution < 1.29 is 14.3 Å². The van der Waals surface area contributed by atoms with Crippen molar-refractivity contribution in [3.63, 3.8) is 0 Å². The Hall–Kier alpha value is -2.14. The molecule has 0 radical (unpaired) electrons. The van der Waals surface area contributed by atoms with Gasteiger partial charge in [-0.05, 0) is 31.2 Å². The van der Waals surface area contributed by atoms with Crippen molar-refractivity contribution in [1.82, 2.24) is 5.32 Å². The van der Waals surface area contributed by atoms with E-state index in [2.05, 4.69) is 5.32 Å². The van der Waals surface area contributed by atoms with Gasteiger partial charge in [0.15, 0.2) is 0 Å². The predicted molar refractivity (Wildman–Crippen MR) is 97.9 cm³/mol. The lowest BCUT2D eigenvalue weighted by molar-refractivity contribution is -0.121. The maximum Gasteiger partial charge on any atom is 0.221 e. The maximum atomic E-state index is 12.1. The molecular formula is C19H23NO3S. The summed E-state index contributed by atoms with van der Waals surface area (Å²) in [5, 5.41) is 3.02. The van der Waals surface area contributed by atoms with Crippen LogP contribution in [0.3, 0.4) is 0 Å². The van der Waals surface area contributed by atoms with Gasteiger partial charge in [-0.25, -0.2) is 0 Å². The molecule has 24 heavy (non-hydrogen) atoms. The summed E-state index contributed by atoms with van der Waals surface area (Å²) in [5.74, 6) is 2.22. The van der Waals surface area contributed by atoms with Crippen molar-refractivity contribution in [2.24, 2.45) is 0 Å². The molecule has 2 rings (SSSR count). The van der Waals surface area contributed by atoms with Gasteiger partial charge in [-0.1, -0.05) is 18.2 Å². The molecule has 5 heteroatoms. The molecule has 0 aliphatic heterocycles. The third-order valence-corrected chi connectivity index (χ3v) is 4.64. The van der Waals surface area contributed by atoms with Gasteiger partial charge < -0.3 is 14.8 Å². The first kappa shape index (κ1) is 18.2. The molecule has 0 saturated heterocycles. The van der Waals surface area contributed by atoms with Gasteiger partial charge in [-0.2, -0.15) is 0 Å². The van der Waals surface area contributed by atoms with Crippen LogP contribution < -0.4 is 14.8 Å². The lowest BCUT2D eigenvalue weighted by Gasteiger charge is -2.18. The molecule has 2 aromatic carbocycles. The van der Waals surface area contributed by atoms with Gasteiger partial charge in [-0.15, -0.1) is 11.8 Å². The molecule has 2 aromatic rings. The fourth-order valence-electron chi connectivity index (χ4n) is 2.35. The van der Waals surface area contributed by atoms with Crippen molar-refractivity contribution in [2.45, 2.75) is 24.3 Å². The predicted octanol–water partition coefficient (Wildman–Crippen LogP) is 4.06. The molecule has 0 aliphatic carbocycles. The Morgan fingerprint density at radius 3 is 2.54 bits per heavy atom. The Balaban J connectivity index is 1.87. The quantitative estimate of drug-likeness (QED) is 0.733. The van der Waals surface area contributed by atoms with Crippen molar-refractivity contribution in [2.75, 3.05) is 20.0 Å². The minimum Gasteiger partial charge on any atom is -0.497 e. The topological polar surface area (TPSA) is 47.6 Å². The highest BCUT2D eigenvalue weighted by molar-refractivity contribution is 7.99. The second-order valence-corrected chi connectivity index (χ2v) is 6.48. The van der Waals surface area contributed by atoms with Crippen LogP contribution in [0.1, 0.15) is 24.9 Å². The SMILES string of the molecule is COc1ccc(C(C)NC(=O)CCSc2ccccc2)c(OC)c1. The van der Waals surface area contributed by atoms with E-state index in [0.29, 0.717) is 12.2 Å². The summed E-state index contributed by atoms with van der Waals surface area (Å²) in [7, 11) is 3.23. The number of benzene rings is 2. The zero-order valence-corrected chi connectivity index (χ0v) is 15.1. The summed E-state index contributed by atoms with van der Waals surface area (Å²) in [6, 6.07) is 15.6. The van der Waals surface area contributed by atoms with Crippen LogP contribution in [0.25, 0.3) is 0 Å². The molecule has 0 heterocycles. The second kappa shape index (κ2) is 9.23. The minimum absolute atomic E-state index is 0.0313. The van der Waals surface area contributed by atoms with Crippen LogP contribution in [0.15, 0.2) is 53.4 Å². The first-order valence-corrected chi connectivity index (χ1v) is 8.81. The zero-order chi connectivity index (χ0) is 17.4. The average Bonchev–Trinajstić information content (AvgIpc) is 2.61. The average molecular weight is 345 g/mol. The molecule has 1 atom stereocenters. The largest absolute Gasteiger partial charge is 0.497 e. The van der Waals surface area contributed by atoms with Crippen molar-refractivity contribution in [1.29, 1.82) is 0 Å². The van der Waals surface area contributed by atoms with E-state index in [-0.39, 0.29) is 11.9 Å². The molecule has 0 aromatic heterocycles. The van der Waals surface area contributed by atoms with Gasteiger partial charge >= 0.3 is 0 Å². The normalized spacial score (nSPS) is 11.6. The summed E-state index contributed by atoms with van der Waals surface area (Å²) in [5.41, 5.74) is 0.933. The van der Waals surface area contributed by atoms with Crippen LogP contribution in [0.2, 0.25) is 0 Å². The van der Waals surface area contributed by atoms with Crippen LogP contribution >= 0.6 is 11.8 Å². The van der Waals surface area contributed by atoms with Gasteiger partial charge in [0.05, 0.1) is 20.3 Å². The van der Waals surface area contributed by atoms with E-state index < -0.39 is 0 Å². The lowest BCUT2D eigenvalue weighted by Crippen LogP contribution is -2.27. The van der Waals surface area contributed by atoms with E-state index in [0.717, 1.165) is 17.1 Å². The summed E-state index contributed by atoms with van der Waals surface area (Å²) >= 11 is 1.68. The first-order chi connectivity index (χ1) is 11.6. The molecule has 0 fully saturated rings. The number of carbonyl (C=O) groups is 1. The van der Waals surface area contributed by atoms with Gasteiger partial charge in [0.1, 0.15) is 11.5 Å². The molecule has 1 N–H and O–H groups in total. The highest BCUT2D eigenvalue weighted by Crippen LogP contribution is 2.29. The molecule has 0 saturated carbocycles. The van der Waals surface area contributed by atoms with Crippen LogP contribution in [0.5, 0.6) is 11.5 Å². The number of hydrogen-bond donors (Lipinski definition) is 1. The summed E-state index contributed by atoms with van der Waals surface area (Å²) < 4.78 is 10.6. The monoisotopic (exact) mass is 345 g/mol. The zero-order valence-electron chi connectivity index (χ0n) is 14.2. The summed E-state index contributed by atoms with van der Waals surface area (Å²) in [6.45, 7) is 1.95. The number of amides is 1. The third-order valence-electron chi connectivity index (χ3n) is 3.63. The van der Waals surface area contributed by atoms with Gasteiger partial charge in [-0.3, -0.25) is 4.79 Å². The van der Waals surface area contributed by atoms with E-state index in [9.17, 15) is 4.79 Å². The van der Waals surface area contributed by atoms with Crippen LogP contribution in [-0.4, -0.2) is 25.9 Å². The number of methoxy groups -OCH3 is 2. The van der Waals surface area contributed by atoms with Crippen LogP contribution in [0.4, 0.5) is 0 Å². The van der Waals surface area contributed by atoms with E-state index in [1.54, 1.807) is 26.0 Å². The smallest absolute Gasteiger partial charge is 0.221 e. The molecule has 0 aliphatic rings. The van der Waals surface area contributed by atoms with E-state index in [4.69, 9.17) is 9.47 Å². The fraction of sp³-hybridized carbons (Fsp3) is 0.316. The van der Waals surface area contributed by atoms with E-state index in [1.165, 1.54) is 4.90 Å². The lowest BCUT2D eigenvalue weighted by atomic mass is 10.1. The Labute approximate surface area is 147 Å². The number of ether oxygens (including phenoxy) is 2. The fourth-order valence-corrected chi connectivity index (χ4v) is 3.22. The van der Waals surface area contributed by atoms with Crippen LogP contribution in [-0.2, 0) is 4.79 Å². The molecule has 4 nitrogen and oxygen atoms in total. The van der Waals surface area contributed by atoms with E-state index >= 15 is 0 Å². The highest BCUT2D eigenvalue weighted by atomic mass is 32.2. The maximum absolute atomic E-state index is 12.1. The van der Waals surface area contributed by atoms with Gasteiger partial charge in [0.2, 0.25) is 5.91 Å². The third kappa shape index (κ3) is 5.20. The Kier molecular flexibility index (Phi) is 7.00. The molecule has 0 bridgehead atoms. The van der Waals surface area contributed by atoms with Crippen molar-refractivity contribution in [3.05, 3.63) is 54.1 Å². The van der Waals surface area contributed by atoms with Gasteiger partial charge in [0.25, 0.3) is 0 Å². The number of nitrogens with one attached hydrogen (secondary N) is 1. The number of thioether (sulfide) groups is 1. The minimum atomic E-state index is -0.125. The number of carbonyl (C=O) groups excluding carboxylic acids is 1. The highest BCUT2D eigenvalue weighted by Gasteiger charge is 2.14. The second-order valence-electron chi connectivity index (χ2n) is 5.31. The first-order valence-electron chi connectivity index (χ1n) is 7.83.